The molecule has 2 atom stereocenters. The molecule has 0 saturated heterocycles. The first-order valence-corrected chi connectivity index (χ1v) is 6.37. The van der Waals surface area contributed by atoms with Crippen LogP contribution in [0, 0.1) is 0 Å². The molecule has 0 saturated carbocycles. The molecular formula is C11H15NO2S. The summed E-state index contributed by atoms with van der Waals surface area (Å²) in [6.07, 6.45) is 1.80. The summed E-state index contributed by atoms with van der Waals surface area (Å²) in [6, 6.07) is 5.68. The van der Waals surface area contributed by atoms with Crippen molar-refractivity contribution in [2.45, 2.75) is 23.8 Å². The largest absolute Gasteiger partial charge is 0.495 e. The summed E-state index contributed by atoms with van der Waals surface area (Å²) in [6.45, 7) is 0. The van der Waals surface area contributed by atoms with Crippen LogP contribution in [0.4, 0.5) is 0 Å². The van der Waals surface area contributed by atoms with Crippen molar-refractivity contribution >= 4 is 10.8 Å². The monoisotopic (exact) mass is 225 g/mol. The molecule has 2 unspecified atom stereocenters. The summed E-state index contributed by atoms with van der Waals surface area (Å²) in [5.74, 6) is 1.38. The molecule has 1 aliphatic rings. The van der Waals surface area contributed by atoms with E-state index in [4.69, 9.17) is 10.5 Å². The van der Waals surface area contributed by atoms with Gasteiger partial charge in [0.2, 0.25) is 0 Å². The Morgan fingerprint density at radius 1 is 1.53 bits per heavy atom. The van der Waals surface area contributed by atoms with E-state index in [1.807, 2.05) is 18.2 Å². The number of ether oxygens (including phenoxy) is 1. The van der Waals surface area contributed by atoms with Gasteiger partial charge in [0.1, 0.15) is 5.75 Å². The molecule has 4 heteroatoms. The molecule has 1 heterocycles. The maximum absolute atomic E-state index is 12.0. The van der Waals surface area contributed by atoms with Crippen molar-refractivity contribution in [2.24, 2.45) is 5.73 Å². The highest BCUT2D eigenvalue weighted by molar-refractivity contribution is 7.85. The summed E-state index contributed by atoms with van der Waals surface area (Å²) in [4.78, 5) is 0.796. The Kier molecular flexibility index (Phi) is 3.07. The van der Waals surface area contributed by atoms with Crippen molar-refractivity contribution < 1.29 is 8.95 Å². The standard InChI is InChI=1S/C11H15NO2S/c1-14-10-6-2-4-8-9(12)5-3-7-15(13)11(8)10/h2,4,6,9H,3,5,7,12H2,1H3. The number of hydrogen-bond donors (Lipinski definition) is 1. The zero-order valence-electron chi connectivity index (χ0n) is 8.73. The molecule has 0 aliphatic carbocycles. The van der Waals surface area contributed by atoms with E-state index >= 15 is 0 Å². The molecular weight excluding hydrogens is 210 g/mol. The molecule has 82 valence electrons. The molecule has 1 aromatic rings. The van der Waals surface area contributed by atoms with Gasteiger partial charge in [0.05, 0.1) is 22.8 Å². The lowest BCUT2D eigenvalue weighted by molar-refractivity contribution is 0.402. The van der Waals surface area contributed by atoms with Crippen LogP contribution in [0.25, 0.3) is 0 Å². The highest BCUT2D eigenvalue weighted by Gasteiger charge is 2.23. The molecule has 0 aromatic heterocycles. The van der Waals surface area contributed by atoms with Crippen LogP contribution < -0.4 is 10.5 Å². The van der Waals surface area contributed by atoms with E-state index in [9.17, 15) is 4.21 Å². The molecule has 0 fully saturated rings. The number of nitrogens with two attached hydrogens (primary N) is 1. The van der Waals surface area contributed by atoms with Gasteiger partial charge < -0.3 is 10.5 Å². The number of methoxy groups -OCH3 is 1. The van der Waals surface area contributed by atoms with Crippen molar-refractivity contribution in [1.29, 1.82) is 0 Å². The zero-order valence-corrected chi connectivity index (χ0v) is 9.55. The number of hydrogen-bond acceptors (Lipinski definition) is 3. The van der Waals surface area contributed by atoms with Gasteiger partial charge in [0.25, 0.3) is 0 Å². The van der Waals surface area contributed by atoms with Crippen molar-refractivity contribution in [3.8, 4) is 5.75 Å². The molecule has 0 bridgehead atoms. The van der Waals surface area contributed by atoms with Crippen LogP contribution in [0.1, 0.15) is 24.4 Å². The average Bonchev–Trinajstić information content (AvgIpc) is 2.40. The third-order valence-electron chi connectivity index (χ3n) is 2.70. The third-order valence-corrected chi connectivity index (χ3v) is 4.25. The lowest BCUT2D eigenvalue weighted by Gasteiger charge is -2.14. The molecule has 1 aromatic carbocycles. The molecule has 2 rings (SSSR count). The number of benzene rings is 1. The van der Waals surface area contributed by atoms with Gasteiger partial charge in [-0.3, -0.25) is 4.21 Å². The number of rotatable bonds is 1. The maximum atomic E-state index is 12.0. The van der Waals surface area contributed by atoms with E-state index in [1.54, 1.807) is 7.11 Å². The van der Waals surface area contributed by atoms with Gasteiger partial charge >= 0.3 is 0 Å². The third kappa shape index (κ3) is 1.92. The Bertz CT molecular complexity index is 392. The summed E-state index contributed by atoms with van der Waals surface area (Å²) in [7, 11) is 0.631. The second kappa shape index (κ2) is 4.33. The quantitative estimate of drug-likeness (QED) is 0.789. The lowest BCUT2D eigenvalue weighted by atomic mass is 10.0. The van der Waals surface area contributed by atoms with Gasteiger partial charge in [-0.15, -0.1) is 0 Å². The fraction of sp³-hybridized carbons (Fsp3) is 0.455. The normalized spacial score (nSPS) is 25.5. The van der Waals surface area contributed by atoms with Gasteiger partial charge in [-0.05, 0) is 24.5 Å². The maximum Gasteiger partial charge on any atom is 0.135 e. The first-order chi connectivity index (χ1) is 7.24. The van der Waals surface area contributed by atoms with Crippen molar-refractivity contribution in [3.05, 3.63) is 23.8 Å². The van der Waals surface area contributed by atoms with Gasteiger partial charge in [-0.2, -0.15) is 0 Å². The predicted molar refractivity (Wildman–Crippen MR) is 60.4 cm³/mol. The fourth-order valence-corrected chi connectivity index (χ4v) is 3.41. The summed E-state index contributed by atoms with van der Waals surface area (Å²) in [5, 5.41) is 0. The van der Waals surface area contributed by atoms with Gasteiger partial charge in [-0.25, -0.2) is 0 Å². The molecule has 0 amide bonds. The van der Waals surface area contributed by atoms with Crippen molar-refractivity contribution in [1.82, 2.24) is 0 Å². The van der Waals surface area contributed by atoms with Crippen LogP contribution in [0.3, 0.4) is 0 Å². The first kappa shape index (κ1) is 10.6. The second-order valence-electron chi connectivity index (χ2n) is 3.68. The molecule has 1 aliphatic heterocycles. The van der Waals surface area contributed by atoms with Crippen LogP contribution in [0.5, 0.6) is 5.75 Å². The van der Waals surface area contributed by atoms with E-state index in [1.165, 1.54) is 0 Å². The minimum Gasteiger partial charge on any atom is -0.495 e. The Hall–Kier alpha value is -0.870. The van der Waals surface area contributed by atoms with Crippen LogP contribution >= 0.6 is 0 Å². The SMILES string of the molecule is COc1cccc2c1S(=O)CCCC2N. The Morgan fingerprint density at radius 3 is 3.07 bits per heavy atom. The van der Waals surface area contributed by atoms with Crippen LogP contribution in [-0.2, 0) is 10.8 Å². The van der Waals surface area contributed by atoms with Gasteiger partial charge in [0.15, 0.2) is 0 Å². The Labute approximate surface area is 92.1 Å². The summed E-state index contributed by atoms with van der Waals surface area (Å²) in [5.41, 5.74) is 7.02. The molecule has 0 radical (unpaired) electrons. The van der Waals surface area contributed by atoms with E-state index in [2.05, 4.69) is 0 Å². The molecule has 0 spiro atoms. The summed E-state index contributed by atoms with van der Waals surface area (Å²) >= 11 is 0. The Morgan fingerprint density at radius 2 is 2.33 bits per heavy atom. The van der Waals surface area contributed by atoms with Crippen molar-refractivity contribution in [3.63, 3.8) is 0 Å². The minimum atomic E-state index is -0.970. The lowest BCUT2D eigenvalue weighted by Crippen LogP contribution is -2.10. The predicted octanol–water partition coefficient (Wildman–Crippen LogP) is 1.60. The summed E-state index contributed by atoms with van der Waals surface area (Å²) < 4.78 is 17.2. The second-order valence-corrected chi connectivity index (χ2v) is 5.18. The molecule has 3 nitrogen and oxygen atoms in total. The number of fused-ring (bicyclic) bond motifs is 1. The van der Waals surface area contributed by atoms with Crippen LogP contribution in [0.15, 0.2) is 23.1 Å². The fourth-order valence-electron chi connectivity index (χ4n) is 1.92. The van der Waals surface area contributed by atoms with E-state index < -0.39 is 10.8 Å². The molecule has 2 N–H and O–H groups in total. The smallest absolute Gasteiger partial charge is 0.135 e. The van der Waals surface area contributed by atoms with E-state index in [-0.39, 0.29) is 6.04 Å². The van der Waals surface area contributed by atoms with Crippen LogP contribution in [-0.4, -0.2) is 17.1 Å². The topological polar surface area (TPSA) is 52.3 Å². The van der Waals surface area contributed by atoms with E-state index in [0.717, 1.165) is 23.3 Å². The average molecular weight is 225 g/mol. The van der Waals surface area contributed by atoms with Gasteiger partial charge in [-0.1, -0.05) is 12.1 Å². The van der Waals surface area contributed by atoms with E-state index in [0.29, 0.717) is 11.5 Å². The minimum absolute atomic E-state index is 0.0125. The van der Waals surface area contributed by atoms with Crippen molar-refractivity contribution in [2.75, 3.05) is 12.9 Å². The molecule has 15 heavy (non-hydrogen) atoms. The highest BCUT2D eigenvalue weighted by atomic mass is 32.2. The van der Waals surface area contributed by atoms with Gasteiger partial charge in [0, 0.05) is 11.8 Å². The zero-order chi connectivity index (χ0) is 10.8. The first-order valence-electron chi connectivity index (χ1n) is 5.05. The Balaban J connectivity index is 2.58. The highest BCUT2D eigenvalue weighted by Crippen LogP contribution is 2.33. The van der Waals surface area contributed by atoms with Crippen LogP contribution in [0.2, 0.25) is 0 Å².